The van der Waals surface area contributed by atoms with E-state index in [1.54, 1.807) is 16.7 Å². The first-order chi connectivity index (χ1) is 14.0. The number of aromatic nitrogens is 2. The highest BCUT2D eigenvalue weighted by atomic mass is 16.6. The maximum absolute atomic E-state index is 12.4. The molecule has 9 heteroatoms. The molecule has 2 aromatic carbocycles. The number of amides is 1. The van der Waals surface area contributed by atoms with E-state index in [-0.39, 0.29) is 28.9 Å². The van der Waals surface area contributed by atoms with Crippen molar-refractivity contribution in [1.29, 1.82) is 0 Å². The minimum atomic E-state index is -0.460. The summed E-state index contributed by atoms with van der Waals surface area (Å²) in [5.74, 6) is -0.364. The second-order valence-corrected chi connectivity index (χ2v) is 7.08. The summed E-state index contributed by atoms with van der Waals surface area (Å²) in [7, 11) is 1.49. The Labute approximate surface area is 166 Å². The van der Waals surface area contributed by atoms with E-state index in [2.05, 4.69) is 10.3 Å². The third-order valence-electron chi connectivity index (χ3n) is 5.46. The second-order valence-electron chi connectivity index (χ2n) is 7.08. The van der Waals surface area contributed by atoms with Crippen molar-refractivity contribution in [3.05, 3.63) is 68.6 Å². The molecule has 0 radical (unpaired) electrons. The minimum absolute atomic E-state index is 0.0269. The average Bonchev–Trinajstić information content (AvgIpc) is 3.08. The van der Waals surface area contributed by atoms with Crippen LogP contribution in [0.4, 0.5) is 11.4 Å². The number of nitrogens with zero attached hydrogens (tertiary/aromatic N) is 3. The van der Waals surface area contributed by atoms with E-state index in [4.69, 9.17) is 0 Å². The Morgan fingerprint density at radius 3 is 2.62 bits per heavy atom. The number of nitro benzene ring substituents is 1. The fraction of sp³-hybridized carbons (Fsp3) is 0.300. The van der Waals surface area contributed by atoms with Crippen LogP contribution in [0.15, 0.2) is 47.3 Å². The highest BCUT2D eigenvalue weighted by Crippen LogP contribution is 2.34. The molecule has 0 saturated carbocycles. The minimum Gasteiger partial charge on any atom is -0.366 e. The molecule has 1 aromatic heterocycles. The van der Waals surface area contributed by atoms with E-state index in [9.17, 15) is 19.7 Å². The molecule has 1 saturated heterocycles. The summed E-state index contributed by atoms with van der Waals surface area (Å²) >= 11 is 0. The van der Waals surface area contributed by atoms with Crippen molar-refractivity contribution >= 4 is 28.3 Å². The van der Waals surface area contributed by atoms with Crippen LogP contribution in [0.25, 0.3) is 11.0 Å². The summed E-state index contributed by atoms with van der Waals surface area (Å²) in [4.78, 5) is 40.2. The Kier molecular flexibility index (Phi) is 4.79. The number of rotatable bonds is 4. The van der Waals surface area contributed by atoms with Gasteiger partial charge < -0.3 is 15.2 Å². The number of nitro groups is 1. The van der Waals surface area contributed by atoms with Crippen LogP contribution < -0.4 is 15.9 Å². The number of hydrogen-bond donors (Lipinski definition) is 2. The quantitative estimate of drug-likeness (QED) is 0.520. The van der Waals surface area contributed by atoms with Gasteiger partial charge in [0.1, 0.15) is 5.69 Å². The molecule has 1 aliphatic rings. The molecule has 0 bridgehead atoms. The molecule has 3 aromatic rings. The molecule has 1 aliphatic heterocycles. The number of aromatic amines is 1. The van der Waals surface area contributed by atoms with Gasteiger partial charge in [0.15, 0.2) is 0 Å². The molecule has 1 fully saturated rings. The average molecular weight is 395 g/mol. The molecule has 0 unspecified atom stereocenters. The lowest BCUT2D eigenvalue weighted by molar-refractivity contribution is -0.384. The van der Waals surface area contributed by atoms with Crippen molar-refractivity contribution in [3.8, 4) is 0 Å². The SMILES string of the molecule is CNC(=O)c1ccc(N2CCC(n3c(=O)[nH]c4ccccc43)CC2)c([N+](=O)[O-])c1. The first-order valence-corrected chi connectivity index (χ1v) is 9.44. The second kappa shape index (κ2) is 7.42. The number of anilines is 1. The molecule has 0 atom stereocenters. The van der Waals surface area contributed by atoms with Crippen LogP contribution in [0, 0.1) is 10.1 Å². The molecule has 9 nitrogen and oxygen atoms in total. The topological polar surface area (TPSA) is 113 Å². The third kappa shape index (κ3) is 3.35. The number of piperidine rings is 1. The molecular weight excluding hydrogens is 374 g/mol. The van der Waals surface area contributed by atoms with Gasteiger partial charge in [-0.2, -0.15) is 0 Å². The van der Waals surface area contributed by atoms with Crippen LogP contribution >= 0.6 is 0 Å². The normalized spacial score (nSPS) is 14.9. The van der Waals surface area contributed by atoms with Crippen LogP contribution in [0.5, 0.6) is 0 Å². The van der Waals surface area contributed by atoms with Gasteiger partial charge in [-0.1, -0.05) is 12.1 Å². The van der Waals surface area contributed by atoms with Gasteiger partial charge >= 0.3 is 5.69 Å². The molecule has 2 heterocycles. The zero-order chi connectivity index (χ0) is 20.5. The number of nitrogens with one attached hydrogen (secondary N) is 2. The van der Waals surface area contributed by atoms with Crippen molar-refractivity contribution in [1.82, 2.24) is 14.9 Å². The van der Waals surface area contributed by atoms with Gasteiger partial charge in [-0.05, 0) is 37.1 Å². The number of carbonyl (C=O) groups excluding carboxylic acids is 1. The predicted molar refractivity (Wildman–Crippen MR) is 110 cm³/mol. The first kappa shape index (κ1) is 18.7. The van der Waals surface area contributed by atoms with Crippen LogP contribution in [0.2, 0.25) is 0 Å². The molecular formula is C20H21N5O4. The molecule has 29 heavy (non-hydrogen) atoms. The molecule has 4 rings (SSSR count). The van der Waals surface area contributed by atoms with E-state index in [1.165, 1.54) is 13.1 Å². The van der Waals surface area contributed by atoms with E-state index < -0.39 is 4.92 Å². The lowest BCUT2D eigenvalue weighted by Crippen LogP contribution is -2.37. The monoisotopic (exact) mass is 395 g/mol. The van der Waals surface area contributed by atoms with Crippen molar-refractivity contribution in [3.63, 3.8) is 0 Å². The standard InChI is InChI=1S/C20H21N5O4/c1-21-19(26)13-6-7-17(18(12-13)25(28)29)23-10-8-14(9-11-23)24-16-5-3-2-4-15(16)22-20(24)27/h2-7,12,14H,8-11H2,1H3,(H,21,26)(H,22,27). The molecule has 0 aliphatic carbocycles. The third-order valence-corrected chi connectivity index (χ3v) is 5.46. The maximum atomic E-state index is 12.4. The Bertz CT molecular complexity index is 1140. The van der Waals surface area contributed by atoms with Gasteiger partial charge in [0, 0.05) is 37.8 Å². The number of carbonyl (C=O) groups is 1. The Balaban J connectivity index is 1.58. The molecule has 2 N–H and O–H groups in total. The highest BCUT2D eigenvalue weighted by Gasteiger charge is 2.28. The van der Waals surface area contributed by atoms with Gasteiger partial charge in [-0.25, -0.2) is 4.79 Å². The zero-order valence-corrected chi connectivity index (χ0v) is 15.9. The molecule has 150 valence electrons. The summed E-state index contributed by atoms with van der Waals surface area (Å²) in [6.45, 7) is 1.16. The number of H-pyrrole nitrogens is 1. The van der Waals surface area contributed by atoms with E-state index in [1.807, 2.05) is 29.2 Å². The lowest BCUT2D eigenvalue weighted by Gasteiger charge is -2.33. The van der Waals surface area contributed by atoms with Gasteiger partial charge in [0.05, 0.1) is 16.0 Å². The number of hydrogen-bond acceptors (Lipinski definition) is 5. The fourth-order valence-corrected chi connectivity index (χ4v) is 4.02. The van der Waals surface area contributed by atoms with Crippen molar-refractivity contribution in [2.75, 3.05) is 25.0 Å². The predicted octanol–water partition coefficient (Wildman–Crippen LogP) is 2.44. The van der Waals surface area contributed by atoms with Gasteiger partial charge in [0.25, 0.3) is 11.6 Å². The van der Waals surface area contributed by atoms with Crippen molar-refractivity contribution < 1.29 is 9.72 Å². The van der Waals surface area contributed by atoms with Gasteiger partial charge in [-0.15, -0.1) is 0 Å². The molecule has 0 spiro atoms. The molecule has 1 amide bonds. The number of benzene rings is 2. The van der Waals surface area contributed by atoms with Crippen molar-refractivity contribution in [2.24, 2.45) is 0 Å². The first-order valence-electron chi connectivity index (χ1n) is 9.44. The van der Waals surface area contributed by atoms with Crippen molar-refractivity contribution in [2.45, 2.75) is 18.9 Å². The highest BCUT2D eigenvalue weighted by molar-refractivity contribution is 5.95. The summed E-state index contributed by atoms with van der Waals surface area (Å²) in [6, 6.07) is 12.1. The van der Waals surface area contributed by atoms with Crippen LogP contribution in [-0.2, 0) is 0 Å². The summed E-state index contributed by atoms with van der Waals surface area (Å²) < 4.78 is 1.79. The number of imidazole rings is 1. The van der Waals surface area contributed by atoms with Gasteiger partial charge in [0.2, 0.25) is 0 Å². The Hall–Kier alpha value is -3.62. The fourth-order valence-electron chi connectivity index (χ4n) is 4.02. The van der Waals surface area contributed by atoms with Crippen LogP contribution in [0.3, 0.4) is 0 Å². The zero-order valence-electron chi connectivity index (χ0n) is 15.9. The van der Waals surface area contributed by atoms with Crippen LogP contribution in [0.1, 0.15) is 29.2 Å². The summed E-state index contributed by atoms with van der Waals surface area (Å²) in [5, 5.41) is 14.0. The maximum Gasteiger partial charge on any atom is 0.326 e. The Morgan fingerprint density at radius 1 is 1.21 bits per heavy atom. The summed E-state index contributed by atoms with van der Waals surface area (Å²) in [5.41, 5.74) is 2.20. The van der Waals surface area contributed by atoms with E-state index in [0.717, 1.165) is 11.0 Å². The van der Waals surface area contributed by atoms with E-state index >= 15 is 0 Å². The Morgan fingerprint density at radius 2 is 1.93 bits per heavy atom. The van der Waals surface area contributed by atoms with Crippen LogP contribution in [-0.4, -0.2) is 40.5 Å². The largest absolute Gasteiger partial charge is 0.366 e. The number of para-hydroxylation sites is 2. The van der Waals surface area contributed by atoms with E-state index in [0.29, 0.717) is 31.6 Å². The smallest absolute Gasteiger partial charge is 0.326 e. The lowest BCUT2D eigenvalue weighted by atomic mass is 10.0. The summed E-state index contributed by atoms with van der Waals surface area (Å²) in [6.07, 6.45) is 1.38. The number of fused-ring (bicyclic) bond motifs is 1. The van der Waals surface area contributed by atoms with Gasteiger partial charge in [-0.3, -0.25) is 19.5 Å².